The number of likely N-dealkylation sites (N-methyl/N-ethyl adjacent to an activating group) is 1. The summed E-state index contributed by atoms with van der Waals surface area (Å²) in [6, 6.07) is 6.93. The molecule has 0 aliphatic carbocycles. The lowest BCUT2D eigenvalue weighted by Crippen LogP contribution is -2.45. The van der Waals surface area contributed by atoms with Crippen LogP contribution < -0.4 is 5.32 Å². The lowest BCUT2D eigenvalue weighted by molar-refractivity contribution is 0.0554. The van der Waals surface area contributed by atoms with Crippen LogP contribution in [0.25, 0.3) is 22.3 Å². The maximum atomic E-state index is 15.2. The predicted molar refractivity (Wildman–Crippen MR) is 145 cm³/mol. The van der Waals surface area contributed by atoms with Crippen molar-refractivity contribution in [1.29, 1.82) is 0 Å². The van der Waals surface area contributed by atoms with Crippen molar-refractivity contribution in [3.63, 3.8) is 0 Å². The van der Waals surface area contributed by atoms with Gasteiger partial charge in [-0.05, 0) is 36.7 Å². The molecule has 0 bridgehead atoms. The number of piperazine rings is 1. The van der Waals surface area contributed by atoms with Gasteiger partial charge in [-0.15, -0.1) is 0 Å². The second-order valence-electron chi connectivity index (χ2n) is 10.1. The first-order valence-corrected chi connectivity index (χ1v) is 13.5. The van der Waals surface area contributed by atoms with Crippen LogP contribution in [0.15, 0.2) is 36.7 Å². The summed E-state index contributed by atoms with van der Waals surface area (Å²) in [6.45, 7) is 11.3. The Balaban J connectivity index is 1.22. The molecule has 0 radical (unpaired) electrons. The van der Waals surface area contributed by atoms with E-state index in [4.69, 9.17) is 4.74 Å². The van der Waals surface area contributed by atoms with Gasteiger partial charge < -0.3 is 19.5 Å². The van der Waals surface area contributed by atoms with E-state index in [2.05, 4.69) is 42.0 Å². The molecule has 2 aliphatic rings. The van der Waals surface area contributed by atoms with Crippen LogP contribution in [0.3, 0.4) is 0 Å². The largest absolute Gasteiger partial charge is 0.371 e. The molecule has 5 heterocycles. The van der Waals surface area contributed by atoms with Crippen LogP contribution in [-0.4, -0.2) is 73.6 Å². The topological polar surface area (TPSA) is 84.2 Å². The van der Waals surface area contributed by atoms with Gasteiger partial charge in [-0.1, -0.05) is 19.9 Å². The molecule has 0 saturated carbocycles. The van der Waals surface area contributed by atoms with Gasteiger partial charge >= 0.3 is 0 Å². The number of pyridine rings is 1. The lowest BCUT2D eigenvalue weighted by Gasteiger charge is -2.33. The highest BCUT2D eigenvalue weighted by atomic mass is 19.1. The summed E-state index contributed by atoms with van der Waals surface area (Å²) in [7, 11) is 0. The fourth-order valence-corrected chi connectivity index (χ4v) is 5.37. The number of ether oxygens (including phenoxy) is 1. The third kappa shape index (κ3) is 5.21. The Labute approximate surface area is 225 Å². The molecule has 1 aromatic carbocycles. The van der Waals surface area contributed by atoms with Gasteiger partial charge in [0.15, 0.2) is 11.6 Å². The maximum absolute atomic E-state index is 15.2. The molecule has 3 aromatic heterocycles. The minimum Gasteiger partial charge on any atom is -0.371 e. The fourth-order valence-electron chi connectivity index (χ4n) is 5.37. The highest BCUT2D eigenvalue weighted by molar-refractivity contribution is 5.83. The van der Waals surface area contributed by atoms with Gasteiger partial charge in [0, 0.05) is 44.5 Å². The SMILES string of the molecule is CCC1COCc2nc3c(F)cc(-c4nc(Nc5ccc(CN6CCN(CC)CC6)cn5)ncc4F)cc3n21. The average molecular weight is 535 g/mol. The lowest BCUT2D eigenvalue weighted by atomic mass is 10.1. The molecule has 1 N–H and O–H groups in total. The Morgan fingerprint density at radius 1 is 0.974 bits per heavy atom. The second-order valence-corrected chi connectivity index (χ2v) is 10.1. The van der Waals surface area contributed by atoms with Crippen LogP contribution in [0.4, 0.5) is 20.5 Å². The normalized spacial score (nSPS) is 18.4. The molecule has 6 rings (SSSR count). The average Bonchev–Trinajstić information content (AvgIpc) is 3.35. The number of fused-ring (bicyclic) bond motifs is 3. The number of halogens is 2. The van der Waals surface area contributed by atoms with Crippen LogP contribution in [0.2, 0.25) is 0 Å². The first-order valence-electron chi connectivity index (χ1n) is 13.5. The minimum atomic E-state index is -0.639. The Kier molecular flexibility index (Phi) is 7.20. The molecular weight excluding hydrogens is 502 g/mol. The molecule has 2 aliphatic heterocycles. The molecule has 1 unspecified atom stereocenters. The molecule has 0 spiro atoms. The summed E-state index contributed by atoms with van der Waals surface area (Å²) >= 11 is 0. The number of aromatic nitrogens is 5. The van der Waals surface area contributed by atoms with E-state index >= 15 is 4.39 Å². The van der Waals surface area contributed by atoms with E-state index in [1.165, 1.54) is 6.07 Å². The fraction of sp³-hybridized carbons (Fsp3) is 0.429. The van der Waals surface area contributed by atoms with Crippen LogP contribution in [-0.2, 0) is 17.9 Å². The molecule has 9 nitrogen and oxygen atoms in total. The smallest absolute Gasteiger partial charge is 0.229 e. The van der Waals surface area contributed by atoms with Crippen LogP contribution >= 0.6 is 0 Å². The molecule has 11 heteroatoms. The molecule has 1 fully saturated rings. The zero-order chi connectivity index (χ0) is 26.9. The van der Waals surface area contributed by atoms with Gasteiger partial charge in [-0.25, -0.2) is 28.7 Å². The first-order chi connectivity index (χ1) is 19.0. The van der Waals surface area contributed by atoms with Crippen LogP contribution in [0.1, 0.15) is 37.7 Å². The van der Waals surface area contributed by atoms with Gasteiger partial charge in [-0.3, -0.25) is 4.90 Å². The van der Waals surface area contributed by atoms with Crippen molar-refractivity contribution < 1.29 is 13.5 Å². The van der Waals surface area contributed by atoms with Crippen molar-refractivity contribution in [2.24, 2.45) is 0 Å². The number of imidazole rings is 1. The van der Waals surface area contributed by atoms with Gasteiger partial charge in [-0.2, -0.15) is 0 Å². The van der Waals surface area contributed by atoms with E-state index < -0.39 is 11.6 Å². The van der Waals surface area contributed by atoms with Crippen molar-refractivity contribution in [3.05, 3.63) is 59.7 Å². The highest BCUT2D eigenvalue weighted by Crippen LogP contribution is 2.33. The summed E-state index contributed by atoms with van der Waals surface area (Å²) in [4.78, 5) is 22.3. The van der Waals surface area contributed by atoms with E-state index in [0.717, 1.165) is 57.4 Å². The maximum Gasteiger partial charge on any atom is 0.229 e. The Morgan fingerprint density at radius 2 is 1.79 bits per heavy atom. The minimum absolute atomic E-state index is 0.00630. The number of nitrogens with one attached hydrogen (secondary N) is 1. The van der Waals surface area contributed by atoms with Gasteiger partial charge in [0.05, 0.1) is 24.4 Å². The van der Waals surface area contributed by atoms with Gasteiger partial charge in [0.25, 0.3) is 0 Å². The van der Waals surface area contributed by atoms with Crippen LogP contribution in [0, 0.1) is 11.6 Å². The molecule has 204 valence electrons. The molecule has 39 heavy (non-hydrogen) atoms. The number of hydrogen-bond donors (Lipinski definition) is 1. The van der Waals surface area contributed by atoms with E-state index in [1.807, 2.05) is 29.8 Å². The van der Waals surface area contributed by atoms with Crippen molar-refractivity contribution in [2.75, 3.05) is 44.6 Å². The number of rotatable bonds is 7. The van der Waals surface area contributed by atoms with E-state index in [9.17, 15) is 4.39 Å². The quantitative estimate of drug-likeness (QED) is 0.370. The van der Waals surface area contributed by atoms with Crippen molar-refractivity contribution in [3.8, 4) is 11.3 Å². The summed E-state index contributed by atoms with van der Waals surface area (Å²) in [6.07, 6.45) is 3.73. The second kappa shape index (κ2) is 10.9. The molecule has 0 amide bonds. The number of nitrogens with zero attached hydrogens (tertiary/aromatic N) is 7. The van der Waals surface area contributed by atoms with Crippen molar-refractivity contribution >= 4 is 22.8 Å². The van der Waals surface area contributed by atoms with E-state index in [0.29, 0.717) is 35.9 Å². The number of benzene rings is 1. The van der Waals surface area contributed by atoms with Gasteiger partial charge in [0.1, 0.15) is 29.5 Å². The number of hydrogen-bond acceptors (Lipinski definition) is 8. The third-order valence-corrected chi connectivity index (χ3v) is 7.60. The Morgan fingerprint density at radius 3 is 2.54 bits per heavy atom. The standard InChI is InChI=1S/C28H32F2N8O/c1-3-20-16-39-17-25-34-27-21(29)11-19(12-23(27)38(20)25)26-22(30)14-32-28(35-26)33-24-6-5-18(13-31-24)15-37-9-7-36(4-2)8-10-37/h5-6,11-14,20H,3-4,7-10,15-17H2,1-2H3,(H,31,32,33,35). The van der Waals surface area contributed by atoms with Crippen molar-refractivity contribution in [1.82, 2.24) is 34.3 Å². The molecule has 4 aromatic rings. The monoisotopic (exact) mass is 534 g/mol. The first kappa shape index (κ1) is 25.7. The summed E-state index contributed by atoms with van der Waals surface area (Å²) in [5.74, 6) is 0.226. The zero-order valence-corrected chi connectivity index (χ0v) is 22.2. The van der Waals surface area contributed by atoms with Crippen molar-refractivity contribution in [2.45, 2.75) is 39.5 Å². The molecule has 1 atom stereocenters. The Bertz CT molecular complexity index is 1470. The third-order valence-electron chi connectivity index (χ3n) is 7.60. The summed E-state index contributed by atoms with van der Waals surface area (Å²) < 4.78 is 37.7. The summed E-state index contributed by atoms with van der Waals surface area (Å²) in [5.41, 5.74) is 2.30. The predicted octanol–water partition coefficient (Wildman–Crippen LogP) is 4.53. The molecule has 1 saturated heterocycles. The summed E-state index contributed by atoms with van der Waals surface area (Å²) in [5, 5.41) is 3.05. The van der Waals surface area contributed by atoms with Gasteiger partial charge in [0.2, 0.25) is 5.95 Å². The van der Waals surface area contributed by atoms with E-state index in [1.54, 1.807) is 6.07 Å². The highest BCUT2D eigenvalue weighted by Gasteiger charge is 2.25. The van der Waals surface area contributed by atoms with E-state index in [-0.39, 0.29) is 23.2 Å². The van der Waals surface area contributed by atoms with Crippen LogP contribution in [0.5, 0.6) is 0 Å². The zero-order valence-electron chi connectivity index (χ0n) is 22.2. The number of anilines is 2. The molecular formula is C28H32F2N8O. The Hall–Kier alpha value is -3.54.